The average molecular weight is 234 g/mol. The van der Waals surface area contributed by atoms with Gasteiger partial charge in [-0.15, -0.1) is 0 Å². The van der Waals surface area contributed by atoms with Crippen LogP contribution in [0.15, 0.2) is 24.3 Å². The summed E-state index contributed by atoms with van der Waals surface area (Å²) in [7, 11) is 5.28. The summed E-state index contributed by atoms with van der Waals surface area (Å²) in [5, 5.41) is 1.69. The first kappa shape index (κ1) is 11.9. The highest BCUT2D eigenvalue weighted by molar-refractivity contribution is 5.90. The average Bonchev–Trinajstić information content (AvgIpc) is 3.09. The van der Waals surface area contributed by atoms with E-state index in [2.05, 4.69) is 5.43 Å². The first-order valence-electron chi connectivity index (χ1n) is 5.71. The van der Waals surface area contributed by atoms with Crippen LogP contribution >= 0.6 is 0 Å². The predicted octanol–water partition coefficient (Wildman–Crippen LogP) is 1.32. The molecule has 0 heterocycles. The topological polar surface area (TPSA) is 41.6 Å². The molecule has 0 radical (unpaired) electrons. The van der Waals surface area contributed by atoms with Crippen molar-refractivity contribution < 1.29 is 9.53 Å². The molecule has 0 spiro atoms. The number of hydrogen-bond acceptors (Lipinski definition) is 3. The molecule has 2 rings (SSSR count). The van der Waals surface area contributed by atoms with Gasteiger partial charge in [0.05, 0.1) is 12.5 Å². The molecule has 0 unspecified atom stereocenters. The van der Waals surface area contributed by atoms with E-state index in [-0.39, 0.29) is 11.3 Å². The molecule has 4 nitrogen and oxygen atoms in total. The fourth-order valence-electron chi connectivity index (χ4n) is 1.99. The minimum absolute atomic E-state index is 0.0765. The lowest BCUT2D eigenvalue weighted by molar-refractivity contribution is -0.127. The number of benzene rings is 1. The minimum Gasteiger partial charge on any atom is -0.497 e. The number of hydrazine groups is 1. The first-order valence-corrected chi connectivity index (χ1v) is 5.71. The van der Waals surface area contributed by atoms with Gasteiger partial charge in [0, 0.05) is 14.1 Å². The molecule has 1 fully saturated rings. The van der Waals surface area contributed by atoms with Gasteiger partial charge in [0.15, 0.2) is 0 Å². The summed E-state index contributed by atoms with van der Waals surface area (Å²) in [5.74, 6) is 0.894. The lowest BCUT2D eigenvalue weighted by Gasteiger charge is -2.19. The monoisotopic (exact) mass is 234 g/mol. The van der Waals surface area contributed by atoms with Crippen molar-refractivity contribution in [1.29, 1.82) is 0 Å². The van der Waals surface area contributed by atoms with E-state index in [1.54, 1.807) is 12.1 Å². The Labute approximate surface area is 102 Å². The van der Waals surface area contributed by atoms with Gasteiger partial charge in [-0.25, -0.2) is 5.01 Å². The van der Waals surface area contributed by atoms with Crippen molar-refractivity contribution in [2.24, 2.45) is 0 Å². The Morgan fingerprint density at radius 1 is 1.29 bits per heavy atom. The molecule has 0 bridgehead atoms. The number of carbonyl (C=O) groups is 1. The van der Waals surface area contributed by atoms with E-state index >= 15 is 0 Å². The summed E-state index contributed by atoms with van der Waals surface area (Å²) in [6.07, 6.45) is 1.83. The predicted molar refractivity (Wildman–Crippen MR) is 65.7 cm³/mol. The van der Waals surface area contributed by atoms with Gasteiger partial charge in [-0.05, 0) is 30.5 Å². The quantitative estimate of drug-likeness (QED) is 0.799. The highest BCUT2D eigenvalue weighted by Gasteiger charge is 2.51. The van der Waals surface area contributed by atoms with Crippen molar-refractivity contribution >= 4 is 5.91 Å². The zero-order valence-electron chi connectivity index (χ0n) is 10.5. The SMILES string of the molecule is COc1ccc(C2(C(=O)NN(C)C)CC2)cc1. The lowest BCUT2D eigenvalue weighted by Crippen LogP contribution is -2.42. The van der Waals surface area contributed by atoms with Gasteiger partial charge in [0.2, 0.25) is 5.91 Å². The summed E-state index contributed by atoms with van der Waals surface area (Å²) in [4.78, 5) is 12.1. The van der Waals surface area contributed by atoms with Gasteiger partial charge < -0.3 is 4.74 Å². The molecule has 4 heteroatoms. The normalized spacial score (nSPS) is 16.7. The second kappa shape index (κ2) is 4.37. The van der Waals surface area contributed by atoms with Gasteiger partial charge in [-0.2, -0.15) is 0 Å². The van der Waals surface area contributed by atoms with Gasteiger partial charge in [0.1, 0.15) is 5.75 Å². The van der Waals surface area contributed by atoms with Crippen LogP contribution in [0.5, 0.6) is 5.75 Å². The van der Waals surface area contributed by atoms with Crippen molar-refractivity contribution in [2.45, 2.75) is 18.3 Å². The Morgan fingerprint density at radius 2 is 1.88 bits per heavy atom. The third-order valence-electron chi connectivity index (χ3n) is 3.15. The second-order valence-corrected chi connectivity index (χ2v) is 4.65. The summed E-state index contributed by atoms with van der Waals surface area (Å²) >= 11 is 0. The van der Waals surface area contributed by atoms with Crippen LogP contribution in [-0.2, 0) is 10.2 Å². The molecule has 1 aliphatic rings. The van der Waals surface area contributed by atoms with Gasteiger partial charge in [-0.1, -0.05) is 12.1 Å². The third-order valence-corrected chi connectivity index (χ3v) is 3.15. The molecular formula is C13H18N2O2. The third kappa shape index (κ3) is 2.26. The Kier molecular flexibility index (Phi) is 3.07. The fraction of sp³-hybridized carbons (Fsp3) is 0.462. The van der Waals surface area contributed by atoms with Crippen LogP contribution in [0.1, 0.15) is 18.4 Å². The van der Waals surface area contributed by atoms with E-state index in [4.69, 9.17) is 4.74 Å². The second-order valence-electron chi connectivity index (χ2n) is 4.65. The molecule has 1 aromatic rings. The van der Waals surface area contributed by atoms with E-state index in [1.165, 1.54) is 0 Å². The Hall–Kier alpha value is -1.55. The van der Waals surface area contributed by atoms with Gasteiger partial charge in [0.25, 0.3) is 0 Å². The Morgan fingerprint density at radius 3 is 2.29 bits per heavy atom. The van der Waals surface area contributed by atoms with Crippen LogP contribution < -0.4 is 10.2 Å². The minimum atomic E-state index is -0.323. The number of nitrogens with zero attached hydrogens (tertiary/aromatic N) is 1. The molecule has 1 N–H and O–H groups in total. The summed E-state index contributed by atoms with van der Waals surface area (Å²) in [5.41, 5.74) is 3.58. The lowest BCUT2D eigenvalue weighted by atomic mass is 9.95. The number of hydrogen-bond donors (Lipinski definition) is 1. The zero-order chi connectivity index (χ0) is 12.5. The molecule has 1 saturated carbocycles. The molecule has 92 valence electrons. The van der Waals surface area contributed by atoms with Crippen molar-refractivity contribution in [2.75, 3.05) is 21.2 Å². The van der Waals surface area contributed by atoms with Gasteiger partial charge in [-0.3, -0.25) is 10.2 Å². The molecule has 0 atom stereocenters. The number of methoxy groups -OCH3 is 1. The maximum absolute atomic E-state index is 12.1. The van der Waals surface area contributed by atoms with Crippen LogP contribution in [0.25, 0.3) is 0 Å². The largest absolute Gasteiger partial charge is 0.497 e. The van der Waals surface area contributed by atoms with Crippen molar-refractivity contribution in [3.63, 3.8) is 0 Å². The first-order chi connectivity index (χ1) is 8.08. The van der Waals surface area contributed by atoms with E-state index in [0.717, 1.165) is 24.2 Å². The number of nitrogens with one attached hydrogen (secondary N) is 1. The maximum atomic E-state index is 12.1. The van der Waals surface area contributed by atoms with E-state index in [1.807, 2.05) is 38.4 Å². The van der Waals surface area contributed by atoms with Crippen molar-refractivity contribution in [3.8, 4) is 5.75 Å². The molecular weight excluding hydrogens is 216 g/mol. The van der Waals surface area contributed by atoms with Crippen LogP contribution in [0, 0.1) is 0 Å². The molecule has 1 aliphatic carbocycles. The molecule has 1 amide bonds. The van der Waals surface area contributed by atoms with Crippen molar-refractivity contribution in [1.82, 2.24) is 10.4 Å². The Balaban J connectivity index is 2.17. The van der Waals surface area contributed by atoms with Crippen LogP contribution in [-0.4, -0.2) is 32.1 Å². The Bertz CT molecular complexity index is 408. The van der Waals surface area contributed by atoms with E-state index < -0.39 is 0 Å². The molecule has 0 aromatic heterocycles. The molecule has 0 saturated heterocycles. The van der Waals surface area contributed by atoms with E-state index in [0.29, 0.717) is 0 Å². The summed E-state index contributed by atoms with van der Waals surface area (Å²) in [6, 6.07) is 7.75. The standard InChI is InChI=1S/C13H18N2O2/c1-15(2)14-12(16)13(8-9-13)10-4-6-11(17-3)7-5-10/h4-7H,8-9H2,1-3H3,(H,14,16). The van der Waals surface area contributed by atoms with Crippen LogP contribution in [0.3, 0.4) is 0 Å². The number of carbonyl (C=O) groups excluding carboxylic acids is 1. The maximum Gasteiger partial charge on any atom is 0.244 e. The number of amides is 1. The fourth-order valence-corrected chi connectivity index (χ4v) is 1.99. The summed E-state index contributed by atoms with van der Waals surface area (Å²) < 4.78 is 5.12. The van der Waals surface area contributed by atoms with Crippen LogP contribution in [0.2, 0.25) is 0 Å². The van der Waals surface area contributed by atoms with E-state index in [9.17, 15) is 4.79 Å². The van der Waals surface area contributed by atoms with Gasteiger partial charge >= 0.3 is 0 Å². The van der Waals surface area contributed by atoms with Crippen molar-refractivity contribution in [3.05, 3.63) is 29.8 Å². The smallest absolute Gasteiger partial charge is 0.244 e. The molecule has 1 aromatic carbocycles. The zero-order valence-corrected chi connectivity index (χ0v) is 10.5. The summed E-state index contributed by atoms with van der Waals surface area (Å²) in [6.45, 7) is 0. The van der Waals surface area contributed by atoms with Crippen LogP contribution in [0.4, 0.5) is 0 Å². The molecule has 17 heavy (non-hydrogen) atoms. The number of rotatable bonds is 4. The highest BCUT2D eigenvalue weighted by Crippen LogP contribution is 2.48. The number of ether oxygens (including phenoxy) is 1. The molecule has 0 aliphatic heterocycles. The highest BCUT2D eigenvalue weighted by atomic mass is 16.5.